The van der Waals surface area contributed by atoms with Crippen molar-refractivity contribution in [3.63, 3.8) is 0 Å². The van der Waals surface area contributed by atoms with Crippen LogP contribution in [-0.4, -0.2) is 15.0 Å². The molecule has 0 amide bonds. The summed E-state index contributed by atoms with van der Waals surface area (Å²) in [5, 5.41) is 0. The molecule has 0 unspecified atom stereocenters. The molecule has 1 aliphatic rings. The van der Waals surface area contributed by atoms with E-state index in [1.54, 1.807) is 0 Å². The highest BCUT2D eigenvalue weighted by Gasteiger charge is 2.20. The lowest BCUT2D eigenvalue weighted by atomic mass is 10.1. The molecule has 0 atom stereocenters. The zero-order valence-electron chi connectivity index (χ0n) is 10.9. The molecular weight excluding hydrogens is 258 g/mol. The van der Waals surface area contributed by atoms with Gasteiger partial charge in [0.05, 0.1) is 5.69 Å². The smallest absolute Gasteiger partial charge is 0.161 e. The number of rotatable bonds is 2. The van der Waals surface area contributed by atoms with Gasteiger partial charge in [-0.3, -0.25) is 4.98 Å². The van der Waals surface area contributed by atoms with E-state index in [1.807, 2.05) is 37.7 Å². The summed E-state index contributed by atoms with van der Waals surface area (Å²) in [5.74, 6) is 8.85. The average molecular weight is 273 g/mol. The minimum absolute atomic E-state index is 0.711. The fraction of sp³-hybridized carbons (Fsp3) is 0.308. The Kier molecular flexibility index (Phi) is 3.12. The number of aryl methyl sites for hydroxylation is 2. The maximum Gasteiger partial charge on any atom is 0.161 e. The number of thioether (sulfide) groups is 1. The van der Waals surface area contributed by atoms with Crippen LogP contribution < -0.4 is 11.3 Å². The first-order valence-electron chi connectivity index (χ1n) is 6.07. The quantitative estimate of drug-likeness (QED) is 0.645. The molecule has 0 spiro atoms. The number of nitrogens with zero attached hydrogens (tertiary/aromatic N) is 3. The van der Waals surface area contributed by atoms with E-state index in [4.69, 9.17) is 5.84 Å². The van der Waals surface area contributed by atoms with Gasteiger partial charge in [0.15, 0.2) is 5.82 Å². The molecule has 3 N–H and O–H groups in total. The molecular formula is C13H15N5S. The Hall–Kier alpha value is -1.66. The summed E-state index contributed by atoms with van der Waals surface area (Å²) in [5.41, 5.74) is 7.81. The van der Waals surface area contributed by atoms with Crippen LogP contribution in [0.4, 0.5) is 5.82 Å². The minimum Gasteiger partial charge on any atom is -0.308 e. The summed E-state index contributed by atoms with van der Waals surface area (Å²) >= 11 is 1.83. The van der Waals surface area contributed by atoms with Gasteiger partial charge in [-0.2, -0.15) is 11.8 Å². The monoisotopic (exact) mass is 273 g/mol. The highest BCUT2D eigenvalue weighted by atomic mass is 32.2. The van der Waals surface area contributed by atoms with Crippen molar-refractivity contribution in [2.75, 3.05) is 5.43 Å². The van der Waals surface area contributed by atoms with Crippen molar-refractivity contribution >= 4 is 17.6 Å². The van der Waals surface area contributed by atoms with Crippen molar-refractivity contribution in [2.24, 2.45) is 5.84 Å². The molecule has 98 valence electrons. The van der Waals surface area contributed by atoms with Gasteiger partial charge in [-0.1, -0.05) is 0 Å². The third-order valence-corrected chi connectivity index (χ3v) is 4.02. The van der Waals surface area contributed by atoms with Gasteiger partial charge in [-0.15, -0.1) is 0 Å². The Labute approximate surface area is 116 Å². The van der Waals surface area contributed by atoms with Crippen molar-refractivity contribution in [1.82, 2.24) is 15.0 Å². The second-order valence-electron chi connectivity index (χ2n) is 4.60. The fourth-order valence-corrected chi connectivity index (χ4v) is 3.30. The molecule has 3 rings (SSSR count). The van der Waals surface area contributed by atoms with E-state index < -0.39 is 0 Å². The Morgan fingerprint density at radius 2 is 1.84 bits per heavy atom. The molecule has 0 fully saturated rings. The Morgan fingerprint density at radius 1 is 1.11 bits per heavy atom. The molecule has 0 saturated carbocycles. The standard InChI is InChI=1S/C13H15N5S/c1-7-3-9(4-8(2)15-7)12-16-11-6-19-5-10(11)13(17-12)18-14/h3-4H,5-6,14H2,1-2H3,(H,16,17,18). The van der Waals surface area contributed by atoms with Crippen LogP contribution in [0.25, 0.3) is 11.4 Å². The molecule has 2 aromatic rings. The van der Waals surface area contributed by atoms with Crippen LogP contribution in [0.15, 0.2) is 12.1 Å². The number of nitrogens with two attached hydrogens (primary N) is 1. The van der Waals surface area contributed by atoms with Crippen LogP contribution >= 0.6 is 11.8 Å². The number of fused-ring (bicyclic) bond motifs is 1. The summed E-state index contributed by atoms with van der Waals surface area (Å²) < 4.78 is 0. The summed E-state index contributed by atoms with van der Waals surface area (Å²) in [4.78, 5) is 13.6. The molecule has 1 aliphatic heterocycles. The molecule has 0 aliphatic carbocycles. The normalized spacial score (nSPS) is 13.4. The summed E-state index contributed by atoms with van der Waals surface area (Å²) in [6, 6.07) is 3.99. The first kappa shape index (κ1) is 12.4. The number of pyridine rings is 1. The predicted molar refractivity (Wildman–Crippen MR) is 77.5 cm³/mol. The number of hydrogen-bond acceptors (Lipinski definition) is 6. The lowest BCUT2D eigenvalue weighted by molar-refractivity contribution is 1.05. The van der Waals surface area contributed by atoms with Crippen molar-refractivity contribution in [2.45, 2.75) is 25.4 Å². The van der Waals surface area contributed by atoms with Gasteiger partial charge in [0.2, 0.25) is 0 Å². The second kappa shape index (κ2) is 4.79. The average Bonchev–Trinajstić information content (AvgIpc) is 2.84. The number of nitrogen functional groups attached to an aromatic ring is 1. The molecule has 5 nitrogen and oxygen atoms in total. The summed E-state index contributed by atoms with van der Waals surface area (Å²) in [6.45, 7) is 3.95. The maximum absolute atomic E-state index is 5.57. The zero-order valence-corrected chi connectivity index (χ0v) is 11.7. The third kappa shape index (κ3) is 2.29. The number of hydrazine groups is 1. The van der Waals surface area contributed by atoms with E-state index in [2.05, 4.69) is 20.4 Å². The van der Waals surface area contributed by atoms with Gasteiger partial charge in [-0.05, 0) is 26.0 Å². The Morgan fingerprint density at radius 3 is 2.53 bits per heavy atom. The van der Waals surface area contributed by atoms with E-state index in [0.717, 1.165) is 45.5 Å². The number of hydrogen-bond donors (Lipinski definition) is 2. The SMILES string of the molecule is Cc1cc(-c2nc3c(c(NN)n2)CSC3)cc(C)n1. The van der Waals surface area contributed by atoms with Crippen molar-refractivity contribution < 1.29 is 0 Å². The van der Waals surface area contributed by atoms with E-state index in [9.17, 15) is 0 Å². The van der Waals surface area contributed by atoms with Crippen molar-refractivity contribution in [1.29, 1.82) is 0 Å². The second-order valence-corrected chi connectivity index (χ2v) is 5.58. The fourth-order valence-electron chi connectivity index (χ4n) is 2.26. The van der Waals surface area contributed by atoms with E-state index in [1.165, 1.54) is 0 Å². The maximum atomic E-state index is 5.57. The number of nitrogens with one attached hydrogen (secondary N) is 1. The predicted octanol–water partition coefficient (Wildman–Crippen LogP) is 2.19. The van der Waals surface area contributed by atoms with Crippen LogP contribution in [0.3, 0.4) is 0 Å². The topological polar surface area (TPSA) is 76.7 Å². The highest BCUT2D eigenvalue weighted by Crippen LogP contribution is 2.34. The van der Waals surface area contributed by atoms with E-state index >= 15 is 0 Å². The molecule has 19 heavy (non-hydrogen) atoms. The first-order valence-corrected chi connectivity index (χ1v) is 7.22. The van der Waals surface area contributed by atoms with E-state index in [0.29, 0.717) is 5.82 Å². The van der Waals surface area contributed by atoms with Gasteiger partial charge in [0.1, 0.15) is 5.82 Å². The van der Waals surface area contributed by atoms with Gasteiger partial charge in [-0.25, -0.2) is 15.8 Å². The minimum atomic E-state index is 0.711. The van der Waals surface area contributed by atoms with Gasteiger partial charge in [0.25, 0.3) is 0 Å². The lowest BCUT2D eigenvalue weighted by Crippen LogP contribution is -2.12. The lowest BCUT2D eigenvalue weighted by Gasteiger charge is -2.09. The third-order valence-electron chi connectivity index (χ3n) is 3.05. The van der Waals surface area contributed by atoms with Crippen LogP contribution in [0.5, 0.6) is 0 Å². The number of aromatic nitrogens is 3. The molecule has 0 bridgehead atoms. The molecule has 2 aromatic heterocycles. The van der Waals surface area contributed by atoms with E-state index in [-0.39, 0.29) is 0 Å². The summed E-state index contributed by atoms with van der Waals surface area (Å²) in [6.07, 6.45) is 0. The molecule has 0 saturated heterocycles. The van der Waals surface area contributed by atoms with Crippen LogP contribution in [0.2, 0.25) is 0 Å². The van der Waals surface area contributed by atoms with Crippen LogP contribution in [0, 0.1) is 13.8 Å². The van der Waals surface area contributed by atoms with Gasteiger partial charge >= 0.3 is 0 Å². The summed E-state index contributed by atoms with van der Waals surface area (Å²) in [7, 11) is 0. The van der Waals surface area contributed by atoms with Gasteiger partial charge < -0.3 is 5.43 Å². The van der Waals surface area contributed by atoms with Crippen LogP contribution in [0.1, 0.15) is 22.6 Å². The van der Waals surface area contributed by atoms with Crippen LogP contribution in [-0.2, 0) is 11.5 Å². The van der Waals surface area contributed by atoms with Gasteiger partial charge in [0, 0.05) is 34.0 Å². The molecule has 6 heteroatoms. The highest BCUT2D eigenvalue weighted by molar-refractivity contribution is 7.98. The molecule has 3 heterocycles. The number of anilines is 1. The Bertz CT molecular complexity index is 621. The zero-order chi connectivity index (χ0) is 13.4. The van der Waals surface area contributed by atoms with Crippen molar-refractivity contribution in [3.05, 3.63) is 34.8 Å². The first-order chi connectivity index (χ1) is 9.17. The largest absolute Gasteiger partial charge is 0.308 e. The van der Waals surface area contributed by atoms with Crippen molar-refractivity contribution in [3.8, 4) is 11.4 Å². The molecule has 0 radical (unpaired) electrons. The molecule has 0 aromatic carbocycles. The Balaban J connectivity index is 2.15.